The molecule has 0 bridgehead atoms. The third-order valence-electron chi connectivity index (χ3n) is 3.40. The summed E-state index contributed by atoms with van der Waals surface area (Å²) in [7, 11) is 0. The van der Waals surface area contributed by atoms with Gasteiger partial charge in [-0.25, -0.2) is 0 Å². The third-order valence-corrected chi connectivity index (χ3v) is 3.40. The highest BCUT2D eigenvalue weighted by atomic mass is 16.1. The van der Waals surface area contributed by atoms with Crippen molar-refractivity contribution in [2.45, 2.75) is 0 Å². The molecule has 0 atom stereocenters. The van der Waals surface area contributed by atoms with Crippen molar-refractivity contribution in [1.29, 1.82) is 0 Å². The Hall–Kier alpha value is -2.19. The summed E-state index contributed by atoms with van der Waals surface area (Å²) in [6, 6.07) is 19.5. The van der Waals surface area contributed by atoms with Crippen LogP contribution in [0.15, 0.2) is 66.2 Å². The number of nitrogens with zero attached hydrogens (tertiary/aromatic N) is 1. The smallest absolute Gasteiger partial charge is 0.190 e. The average Bonchev–Trinajstić information content (AvgIpc) is 3.32. The van der Waals surface area contributed by atoms with Crippen LogP contribution in [-0.2, 0) is 0 Å². The van der Waals surface area contributed by atoms with Gasteiger partial charge in [0.2, 0.25) is 0 Å². The Balaban J connectivity index is 1.90. The molecule has 1 aliphatic rings. The Morgan fingerprint density at radius 2 is 1.55 bits per heavy atom. The van der Waals surface area contributed by atoms with Crippen LogP contribution in [-0.4, -0.2) is 30.3 Å². The molecule has 0 amide bonds. The lowest BCUT2D eigenvalue weighted by Crippen LogP contribution is -2.12. The summed E-state index contributed by atoms with van der Waals surface area (Å²) >= 11 is 0. The number of hydrogen-bond donors (Lipinski definition) is 0. The van der Waals surface area contributed by atoms with Crippen LogP contribution in [0.5, 0.6) is 0 Å². The van der Waals surface area contributed by atoms with Crippen LogP contribution < -0.4 is 0 Å². The van der Waals surface area contributed by atoms with Gasteiger partial charge in [-0.3, -0.25) is 9.69 Å². The zero-order chi connectivity index (χ0) is 13.8. The van der Waals surface area contributed by atoms with E-state index in [4.69, 9.17) is 0 Å². The zero-order valence-corrected chi connectivity index (χ0v) is 11.3. The monoisotopic (exact) mass is 263 g/mol. The fourth-order valence-corrected chi connectivity index (χ4v) is 2.18. The summed E-state index contributed by atoms with van der Waals surface area (Å²) in [4.78, 5) is 14.9. The Bertz CT molecular complexity index is 612. The van der Waals surface area contributed by atoms with E-state index >= 15 is 0 Å². The fourth-order valence-electron chi connectivity index (χ4n) is 2.18. The molecule has 2 heteroatoms. The largest absolute Gasteiger partial charge is 0.296 e. The highest BCUT2D eigenvalue weighted by Gasteiger charge is 2.22. The van der Waals surface area contributed by atoms with Gasteiger partial charge in [0.15, 0.2) is 5.78 Å². The van der Waals surface area contributed by atoms with Gasteiger partial charge in [0.1, 0.15) is 0 Å². The van der Waals surface area contributed by atoms with Crippen LogP contribution >= 0.6 is 0 Å². The lowest BCUT2D eigenvalue weighted by molar-refractivity contribution is 0.103. The Morgan fingerprint density at radius 3 is 2.15 bits per heavy atom. The Morgan fingerprint density at radius 1 is 0.950 bits per heavy atom. The molecule has 1 aliphatic heterocycles. The van der Waals surface area contributed by atoms with Crippen molar-refractivity contribution in [3.05, 3.63) is 77.4 Å². The van der Waals surface area contributed by atoms with E-state index < -0.39 is 0 Å². The van der Waals surface area contributed by atoms with Crippen LogP contribution in [0, 0.1) is 0 Å². The van der Waals surface area contributed by atoms with Crippen molar-refractivity contribution in [2.75, 3.05) is 19.6 Å². The Kier molecular flexibility index (Phi) is 3.75. The first kappa shape index (κ1) is 12.8. The van der Waals surface area contributed by atoms with Gasteiger partial charge in [-0.1, -0.05) is 60.7 Å². The van der Waals surface area contributed by atoms with Gasteiger partial charge in [-0.2, -0.15) is 0 Å². The van der Waals surface area contributed by atoms with E-state index in [2.05, 4.69) is 4.90 Å². The number of carbonyl (C=O) groups excluding carboxylic acids is 1. The molecule has 0 radical (unpaired) electrons. The van der Waals surface area contributed by atoms with Gasteiger partial charge in [0.05, 0.1) is 0 Å². The topological polar surface area (TPSA) is 20.1 Å². The normalized spacial score (nSPS) is 15.1. The molecule has 1 saturated heterocycles. The molecule has 2 aromatic rings. The second kappa shape index (κ2) is 5.85. The molecule has 3 rings (SSSR count). The van der Waals surface area contributed by atoms with E-state index in [0.717, 1.165) is 36.3 Å². The predicted octanol–water partition coefficient (Wildman–Crippen LogP) is 3.27. The van der Waals surface area contributed by atoms with Gasteiger partial charge in [-0.05, 0) is 11.6 Å². The summed E-state index contributed by atoms with van der Waals surface area (Å²) in [5.74, 6) is 0.126. The summed E-state index contributed by atoms with van der Waals surface area (Å²) in [6.45, 7) is 2.92. The maximum Gasteiger partial charge on any atom is 0.190 e. The quantitative estimate of drug-likeness (QED) is 0.469. The van der Waals surface area contributed by atoms with Crippen LogP contribution in [0.25, 0.3) is 6.08 Å². The summed E-state index contributed by atoms with van der Waals surface area (Å²) in [5, 5.41) is 0. The van der Waals surface area contributed by atoms with E-state index in [1.54, 1.807) is 0 Å². The first-order chi connectivity index (χ1) is 9.83. The first-order valence-corrected chi connectivity index (χ1v) is 6.91. The molecule has 2 aromatic carbocycles. The number of ketones is 1. The van der Waals surface area contributed by atoms with Crippen LogP contribution in [0.3, 0.4) is 0 Å². The van der Waals surface area contributed by atoms with Gasteiger partial charge in [-0.15, -0.1) is 0 Å². The minimum Gasteiger partial charge on any atom is -0.296 e. The summed E-state index contributed by atoms with van der Waals surface area (Å²) < 4.78 is 0. The second-order valence-corrected chi connectivity index (χ2v) is 5.05. The van der Waals surface area contributed by atoms with Crippen LogP contribution in [0.1, 0.15) is 15.9 Å². The fraction of sp³-hybridized carbons (Fsp3) is 0.167. The van der Waals surface area contributed by atoms with Gasteiger partial charge >= 0.3 is 0 Å². The second-order valence-electron chi connectivity index (χ2n) is 5.05. The molecule has 1 heterocycles. The maximum atomic E-state index is 12.6. The van der Waals surface area contributed by atoms with Crippen molar-refractivity contribution in [1.82, 2.24) is 4.90 Å². The lowest BCUT2D eigenvalue weighted by Gasteiger charge is -2.08. The van der Waals surface area contributed by atoms with Crippen molar-refractivity contribution in [3.8, 4) is 0 Å². The zero-order valence-electron chi connectivity index (χ0n) is 11.3. The molecule has 0 unspecified atom stereocenters. The molecule has 100 valence electrons. The van der Waals surface area contributed by atoms with E-state index in [0.29, 0.717) is 0 Å². The van der Waals surface area contributed by atoms with Gasteiger partial charge in [0.25, 0.3) is 0 Å². The number of carbonyl (C=O) groups is 1. The molecule has 0 spiro atoms. The van der Waals surface area contributed by atoms with E-state index in [9.17, 15) is 4.79 Å². The molecular formula is C18H17NO. The summed E-state index contributed by atoms with van der Waals surface area (Å²) in [6.07, 6.45) is 2.01. The standard InChI is InChI=1S/C18H17NO/c20-18(16-9-5-2-6-10-16)17(14-19-11-12-19)13-15-7-3-1-4-8-15/h1-10,13H,11-12,14H2/b17-13-. The van der Waals surface area contributed by atoms with Crippen LogP contribution in [0.4, 0.5) is 0 Å². The van der Waals surface area contributed by atoms with E-state index in [1.165, 1.54) is 0 Å². The highest BCUT2D eigenvalue weighted by molar-refractivity contribution is 6.11. The van der Waals surface area contributed by atoms with Crippen molar-refractivity contribution >= 4 is 11.9 Å². The van der Waals surface area contributed by atoms with E-state index in [1.807, 2.05) is 66.7 Å². The molecular weight excluding hydrogens is 246 g/mol. The molecule has 0 saturated carbocycles. The average molecular weight is 263 g/mol. The summed E-state index contributed by atoms with van der Waals surface area (Å²) in [5.41, 5.74) is 2.70. The number of rotatable bonds is 5. The van der Waals surface area contributed by atoms with Crippen molar-refractivity contribution < 1.29 is 4.79 Å². The van der Waals surface area contributed by atoms with E-state index in [-0.39, 0.29) is 5.78 Å². The maximum absolute atomic E-state index is 12.6. The molecule has 0 N–H and O–H groups in total. The number of benzene rings is 2. The highest BCUT2D eigenvalue weighted by Crippen LogP contribution is 2.17. The first-order valence-electron chi connectivity index (χ1n) is 6.91. The SMILES string of the molecule is O=C(/C(=C\c1ccccc1)CN1CC1)c1ccccc1. The molecule has 0 aromatic heterocycles. The number of hydrogen-bond acceptors (Lipinski definition) is 2. The minimum absolute atomic E-state index is 0.126. The molecule has 0 aliphatic carbocycles. The molecule has 20 heavy (non-hydrogen) atoms. The number of Topliss-reactive ketones (excluding diaryl/α,β-unsaturated/α-hetero) is 1. The third kappa shape index (κ3) is 3.22. The predicted molar refractivity (Wildman–Crippen MR) is 81.6 cm³/mol. The van der Waals surface area contributed by atoms with Crippen molar-refractivity contribution in [3.63, 3.8) is 0 Å². The van der Waals surface area contributed by atoms with Crippen LogP contribution in [0.2, 0.25) is 0 Å². The van der Waals surface area contributed by atoms with Crippen molar-refractivity contribution in [2.24, 2.45) is 0 Å². The minimum atomic E-state index is 0.126. The molecule has 2 nitrogen and oxygen atoms in total. The molecule has 1 fully saturated rings. The van der Waals surface area contributed by atoms with Gasteiger partial charge in [0, 0.05) is 30.8 Å². The Labute approximate surface area is 119 Å². The lowest BCUT2D eigenvalue weighted by atomic mass is 10.0. The van der Waals surface area contributed by atoms with Gasteiger partial charge < -0.3 is 0 Å².